The molecule has 2 aromatic rings. The molecule has 0 aliphatic heterocycles. The number of rotatable bonds is 8. The van der Waals surface area contributed by atoms with E-state index in [1.165, 1.54) is 6.20 Å². The van der Waals surface area contributed by atoms with Crippen molar-refractivity contribution in [3.8, 4) is 0 Å². The van der Waals surface area contributed by atoms with E-state index in [-0.39, 0.29) is 37.9 Å². The van der Waals surface area contributed by atoms with Gasteiger partial charge in [-0.05, 0) is 54.9 Å². The molecule has 0 saturated carbocycles. The number of hydrogen-bond acceptors (Lipinski definition) is 5. The van der Waals surface area contributed by atoms with E-state index in [4.69, 9.17) is 4.74 Å². The molecule has 2 rings (SSSR count). The van der Waals surface area contributed by atoms with Gasteiger partial charge in [-0.2, -0.15) is 0 Å². The molecule has 0 aliphatic carbocycles. The second-order valence-electron chi connectivity index (χ2n) is 7.71. The standard InChI is InChI=1S/C22H27BrN4O4/c1-22(2,3)31-21(30)26-10-9-19(28)25-11-12-27(18-7-5-4-6-8-18)20(29)16-13-17(23)15-24-14-16/h4-8,13-15H,9-12H2,1-3H3,(H,25,28)(H,26,30). The molecule has 31 heavy (non-hydrogen) atoms. The van der Waals surface area contributed by atoms with Crippen molar-refractivity contribution >= 4 is 39.5 Å². The SMILES string of the molecule is CC(C)(C)OC(=O)NCCC(=O)NCCN(C(=O)c1cncc(Br)c1)c1ccccc1. The molecule has 0 radical (unpaired) electrons. The van der Waals surface area contributed by atoms with Crippen LogP contribution in [-0.2, 0) is 9.53 Å². The van der Waals surface area contributed by atoms with Crippen LogP contribution in [0.3, 0.4) is 0 Å². The monoisotopic (exact) mass is 490 g/mol. The van der Waals surface area contributed by atoms with Gasteiger partial charge in [0.05, 0.1) is 5.56 Å². The summed E-state index contributed by atoms with van der Waals surface area (Å²) in [5.41, 5.74) is 0.559. The third kappa shape index (κ3) is 8.75. The molecule has 1 aromatic heterocycles. The third-order valence-corrected chi connectivity index (χ3v) is 4.38. The number of halogens is 1. The first-order chi connectivity index (χ1) is 14.7. The summed E-state index contributed by atoms with van der Waals surface area (Å²) in [6, 6.07) is 10.9. The Morgan fingerprint density at radius 1 is 1.06 bits per heavy atom. The van der Waals surface area contributed by atoms with Gasteiger partial charge in [-0.1, -0.05) is 18.2 Å². The number of amides is 3. The van der Waals surface area contributed by atoms with Crippen LogP contribution in [0, 0.1) is 0 Å². The fourth-order valence-electron chi connectivity index (χ4n) is 2.63. The quantitative estimate of drug-likeness (QED) is 0.589. The summed E-state index contributed by atoms with van der Waals surface area (Å²) in [5.74, 6) is -0.457. The zero-order chi connectivity index (χ0) is 22.9. The second-order valence-corrected chi connectivity index (χ2v) is 8.63. The van der Waals surface area contributed by atoms with Gasteiger partial charge in [0.1, 0.15) is 5.60 Å². The van der Waals surface area contributed by atoms with Crippen LogP contribution in [0.4, 0.5) is 10.5 Å². The van der Waals surface area contributed by atoms with Gasteiger partial charge in [-0.25, -0.2) is 4.79 Å². The number of pyridine rings is 1. The van der Waals surface area contributed by atoms with E-state index in [1.54, 1.807) is 37.9 Å². The van der Waals surface area contributed by atoms with Gasteiger partial charge >= 0.3 is 6.09 Å². The number of ether oxygens (including phenoxy) is 1. The van der Waals surface area contributed by atoms with E-state index in [0.717, 1.165) is 0 Å². The van der Waals surface area contributed by atoms with Gasteiger partial charge < -0.3 is 20.3 Å². The number of aromatic nitrogens is 1. The molecule has 3 amide bonds. The molecule has 9 heteroatoms. The van der Waals surface area contributed by atoms with Crippen LogP contribution in [-0.4, -0.2) is 48.1 Å². The van der Waals surface area contributed by atoms with Gasteiger partial charge in [-0.15, -0.1) is 0 Å². The average Bonchev–Trinajstić information content (AvgIpc) is 2.70. The lowest BCUT2D eigenvalue weighted by molar-refractivity contribution is -0.120. The highest BCUT2D eigenvalue weighted by Gasteiger charge is 2.19. The minimum Gasteiger partial charge on any atom is -0.444 e. The van der Waals surface area contributed by atoms with Crippen molar-refractivity contribution < 1.29 is 19.1 Å². The van der Waals surface area contributed by atoms with Crippen LogP contribution in [0.2, 0.25) is 0 Å². The Labute approximate surface area is 190 Å². The zero-order valence-electron chi connectivity index (χ0n) is 17.9. The van der Waals surface area contributed by atoms with Crippen molar-refractivity contribution in [3.63, 3.8) is 0 Å². The van der Waals surface area contributed by atoms with Crippen LogP contribution in [0.15, 0.2) is 53.3 Å². The molecule has 1 heterocycles. The molecular formula is C22H27BrN4O4. The van der Waals surface area contributed by atoms with Crippen LogP contribution in [0.1, 0.15) is 37.6 Å². The van der Waals surface area contributed by atoms with Crippen molar-refractivity contribution in [1.82, 2.24) is 15.6 Å². The first-order valence-corrected chi connectivity index (χ1v) is 10.7. The molecule has 2 N–H and O–H groups in total. The first-order valence-electron chi connectivity index (χ1n) is 9.87. The van der Waals surface area contributed by atoms with E-state index < -0.39 is 11.7 Å². The van der Waals surface area contributed by atoms with Crippen molar-refractivity contribution in [2.24, 2.45) is 0 Å². The molecule has 1 aromatic carbocycles. The van der Waals surface area contributed by atoms with Gasteiger partial charge in [0, 0.05) is 48.6 Å². The largest absolute Gasteiger partial charge is 0.444 e. The number of nitrogens with one attached hydrogen (secondary N) is 2. The number of carbonyl (C=O) groups is 3. The van der Waals surface area contributed by atoms with Gasteiger partial charge in [-0.3, -0.25) is 14.6 Å². The average molecular weight is 491 g/mol. The number of carbonyl (C=O) groups excluding carboxylic acids is 3. The van der Waals surface area contributed by atoms with E-state index in [0.29, 0.717) is 15.7 Å². The predicted molar refractivity (Wildman–Crippen MR) is 122 cm³/mol. The number of anilines is 1. The molecule has 0 spiro atoms. The second kappa shape index (κ2) is 11.5. The van der Waals surface area contributed by atoms with Crippen molar-refractivity contribution in [3.05, 3.63) is 58.8 Å². The topological polar surface area (TPSA) is 101 Å². The lowest BCUT2D eigenvalue weighted by atomic mass is 10.2. The predicted octanol–water partition coefficient (Wildman–Crippen LogP) is 3.52. The molecule has 0 saturated heterocycles. The minimum atomic E-state index is -0.594. The normalized spacial score (nSPS) is 10.8. The molecule has 0 fully saturated rings. The fourth-order valence-corrected chi connectivity index (χ4v) is 2.99. The highest BCUT2D eigenvalue weighted by atomic mass is 79.9. The van der Waals surface area contributed by atoms with Crippen molar-refractivity contribution in [2.45, 2.75) is 32.8 Å². The smallest absolute Gasteiger partial charge is 0.407 e. The lowest BCUT2D eigenvalue weighted by Crippen LogP contribution is -2.40. The molecule has 0 bridgehead atoms. The Bertz CT molecular complexity index is 900. The number of benzene rings is 1. The van der Waals surface area contributed by atoms with Crippen molar-refractivity contribution in [2.75, 3.05) is 24.5 Å². The Hall–Kier alpha value is -2.94. The Morgan fingerprint density at radius 3 is 2.42 bits per heavy atom. The lowest BCUT2D eigenvalue weighted by Gasteiger charge is -2.23. The van der Waals surface area contributed by atoms with E-state index in [1.807, 2.05) is 30.3 Å². The molecule has 0 aliphatic rings. The number of alkyl carbamates (subject to hydrolysis) is 1. The molecule has 0 atom stereocenters. The summed E-state index contributed by atoms with van der Waals surface area (Å²) in [6.45, 7) is 6.00. The van der Waals surface area contributed by atoms with Crippen LogP contribution >= 0.6 is 15.9 Å². The van der Waals surface area contributed by atoms with Gasteiger partial charge in [0.2, 0.25) is 5.91 Å². The number of para-hydroxylation sites is 1. The summed E-state index contributed by atoms with van der Waals surface area (Å²) in [4.78, 5) is 42.4. The zero-order valence-corrected chi connectivity index (χ0v) is 19.4. The summed E-state index contributed by atoms with van der Waals surface area (Å²) in [5, 5.41) is 5.32. The van der Waals surface area contributed by atoms with E-state index in [9.17, 15) is 14.4 Å². The highest BCUT2D eigenvalue weighted by Crippen LogP contribution is 2.18. The maximum absolute atomic E-state index is 13.0. The van der Waals surface area contributed by atoms with Crippen molar-refractivity contribution in [1.29, 1.82) is 0 Å². The third-order valence-electron chi connectivity index (χ3n) is 3.94. The molecular weight excluding hydrogens is 464 g/mol. The van der Waals surface area contributed by atoms with Gasteiger partial charge in [0.15, 0.2) is 0 Å². The first kappa shape index (κ1) is 24.3. The van der Waals surface area contributed by atoms with Gasteiger partial charge in [0.25, 0.3) is 5.91 Å². The summed E-state index contributed by atoms with van der Waals surface area (Å²) in [6.07, 6.45) is 2.65. The Morgan fingerprint density at radius 2 is 1.77 bits per heavy atom. The maximum Gasteiger partial charge on any atom is 0.407 e. The fraction of sp³-hybridized carbons (Fsp3) is 0.364. The molecule has 166 valence electrons. The highest BCUT2D eigenvalue weighted by molar-refractivity contribution is 9.10. The number of nitrogens with zero attached hydrogens (tertiary/aromatic N) is 2. The van der Waals surface area contributed by atoms with Crippen LogP contribution < -0.4 is 15.5 Å². The van der Waals surface area contributed by atoms with Crippen LogP contribution in [0.25, 0.3) is 0 Å². The summed E-state index contributed by atoms with van der Waals surface area (Å²) < 4.78 is 5.83. The number of hydrogen-bond donors (Lipinski definition) is 2. The minimum absolute atomic E-state index is 0.105. The Balaban J connectivity index is 1.89. The molecule has 0 unspecified atom stereocenters. The summed E-state index contributed by atoms with van der Waals surface area (Å²) in [7, 11) is 0. The van der Waals surface area contributed by atoms with E-state index in [2.05, 4.69) is 31.5 Å². The molecule has 8 nitrogen and oxygen atoms in total. The summed E-state index contributed by atoms with van der Waals surface area (Å²) >= 11 is 3.33. The Kier molecular flexibility index (Phi) is 8.99. The van der Waals surface area contributed by atoms with Crippen LogP contribution in [0.5, 0.6) is 0 Å². The maximum atomic E-state index is 13.0. The van der Waals surface area contributed by atoms with E-state index >= 15 is 0 Å².